The highest BCUT2D eigenvalue weighted by atomic mass is 35.5. The van der Waals surface area contributed by atoms with E-state index in [1.807, 2.05) is 18.7 Å². The number of amides is 2. The number of rotatable bonds is 9. The minimum atomic E-state index is -0.335. The van der Waals surface area contributed by atoms with Crippen LogP contribution in [0.2, 0.25) is 10.0 Å². The molecule has 2 amide bonds. The summed E-state index contributed by atoms with van der Waals surface area (Å²) in [6.45, 7) is 6.10. The molecule has 0 radical (unpaired) electrons. The van der Waals surface area contributed by atoms with E-state index in [1.165, 1.54) is 0 Å². The van der Waals surface area contributed by atoms with E-state index < -0.39 is 0 Å². The van der Waals surface area contributed by atoms with E-state index in [9.17, 15) is 9.59 Å². The van der Waals surface area contributed by atoms with Crippen molar-refractivity contribution in [2.24, 2.45) is 0 Å². The van der Waals surface area contributed by atoms with Gasteiger partial charge in [-0.2, -0.15) is 0 Å². The van der Waals surface area contributed by atoms with E-state index in [2.05, 4.69) is 10.6 Å². The molecule has 1 atom stereocenters. The van der Waals surface area contributed by atoms with Crippen LogP contribution in [0.4, 0.5) is 5.69 Å². The number of halogens is 2. The maximum atomic E-state index is 12.7. The summed E-state index contributed by atoms with van der Waals surface area (Å²) in [6, 6.07) is 4.65. The fourth-order valence-electron chi connectivity index (χ4n) is 3.14. The van der Waals surface area contributed by atoms with Crippen molar-refractivity contribution in [1.29, 1.82) is 0 Å². The van der Waals surface area contributed by atoms with E-state index >= 15 is 0 Å². The lowest BCUT2D eigenvalue weighted by atomic mass is 10.0. The number of nitrogens with zero attached hydrogens (tertiary/aromatic N) is 1. The number of anilines is 1. The molecule has 1 aromatic carbocycles. The Morgan fingerprint density at radius 2 is 2.04 bits per heavy atom. The molecule has 2 rings (SSSR count). The molecule has 2 N–H and O–H groups in total. The standard InChI is InChI=1S/C20H29Cl2N3O3/c1-14(2)28-11-5-9-23-19(26)13-25-10-4-3-6-18(25)20(27)24-15-7-8-16(21)17(22)12-15/h7-8,12,14,18H,3-6,9-11,13H2,1-2H3,(H,23,26)(H,24,27). The number of piperidine rings is 1. The Hall–Kier alpha value is -1.34. The van der Waals surface area contributed by atoms with Crippen LogP contribution in [0.15, 0.2) is 18.2 Å². The highest BCUT2D eigenvalue weighted by Gasteiger charge is 2.30. The molecule has 1 heterocycles. The summed E-state index contributed by atoms with van der Waals surface area (Å²) in [5.74, 6) is -0.199. The minimum absolute atomic E-state index is 0.0706. The van der Waals surface area contributed by atoms with Gasteiger partial charge in [-0.15, -0.1) is 0 Å². The molecule has 156 valence electrons. The molecule has 0 saturated carbocycles. The van der Waals surface area contributed by atoms with Crippen LogP contribution in [0.5, 0.6) is 0 Å². The average molecular weight is 430 g/mol. The normalized spacial score (nSPS) is 17.5. The van der Waals surface area contributed by atoms with E-state index in [0.717, 1.165) is 32.2 Å². The Morgan fingerprint density at radius 1 is 1.25 bits per heavy atom. The molecular formula is C20H29Cl2N3O3. The van der Waals surface area contributed by atoms with Crippen LogP contribution in [0.1, 0.15) is 39.5 Å². The van der Waals surface area contributed by atoms with Gasteiger partial charge < -0.3 is 15.4 Å². The Balaban J connectivity index is 1.84. The lowest BCUT2D eigenvalue weighted by Gasteiger charge is -2.34. The summed E-state index contributed by atoms with van der Waals surface area (Å²) in [5, 5.41) is 6.61. The first-order chi connectivity index (χ1) is 13.4. The number of benzene rings is 1. The van der Waals surface area contributed by atoms with Crippen molar-refractivity contribution >= 4 is 40.7 Å². The first-order valence-electron chi connectivity index (χ1n) is 9.75. The number of nitrogens with one attached hydrogen (secondary N) is 2. The predicted octanol–water partition coefficient (Wildman–Crippen LogP) is 3.72. The van der Waals surface area contributed by atoms with Gasteiger partial charge in [-0.1, -0.05) is 29.6 Å². The molecule has 0 aliphatic carbocycles. The lowest BCUT2D eigenvalue weighted by Crippen LogP contribution is -2.50. The number of hydrogen-bond donors (Lipinski definition) is 2. The van der Waals surface area contributed by atoms with E-state index in [1.54, 1.807) is 18.2 Å². The Kier molecular flexibility index (Phi) is 9.51. The van der Waals surface area contributed by atoms with Crippen LogP contribution >= 0.6 is 23.2 Å². The second-order valence-corrected chi connectivity index (χ2v) is 8.04. The van der Waals surface area contributed by atoms with Gasteiger partial charge in [-0.05, 0) is 57.9 Å². The van der Waals surface area contributed by atoms with Crippen LogP contribution in [0.3, 0.4) is 0 Å². The molecule has 28 heavy (non-hydrogen) atoms. The van der Waals surface area contributed by atoms with Gasteiger partial charge in [0.15, 0.2) is 0 Å². The van der Waals surface area contributed by atoms with Gasteiger partial charge in [0.05, 0.1) is 28.7 Å². The number of ether oxygens (including phenoxy) is 1. The molecular weight excluding hydrogens is 401 g/mol. The second-order valence-electron chi connectivity index (χ2n) is 7.22. The quantitative estimate of drug-likeness (QED) is 0.586. The van der Waals surface area contributed by atoms with Gasteiger partial charge in [-0.3, -0.25) is 14.5 Å². The number of carbonyl (C=O) groups excluding carboxylic acids is 2. The van der Waals surface area contributed by atoms with Crippen molar-refractivity contribution in [2.45, 2.75) is 51.7 Å². The Labute approximate surface area is 176 Å². The number of carbonyl (C=O) groups is 2. The maximum absolute atomic E-state index is 12.7. The van der Waals surface area contributed by atoms with Crippen molar-refractivity contribution < 1.29 is 14.3 Å². The van der Waals surface area contributed by atoms with Gasteiger partial charge in [0, 0.05) is 18.8 Å². The van der Waals surface area contributed by atoms with Crippen LogP contribution in [0.25, 0.3) is 0 Å². The van der Waals surface area contributed by atoms with E-state index in [4.69, 9.17) is 27.9 Å². The first-order valence-corrected chi connectivity index (χ1v) is 10.5. The fraction of sp³-hybridized carbons (Fsp3) is 0.600. The van der Waals surface area contributed by atoms with Gasteiger partial charge in [0.1, 0.15) is 0 Å². The molecule has 1 fully saturated rings. The SMILES string of the molecule is CC(C)OCCCNC(=O)CN1CCCCC1C(=O)Nc1ccc(Cl)c(Cl)c1. The molecule has 1 aliphatic rings. The smallest absolute Gasteiger partial charge is 0.241 e. The molecule has 0 bridgehead atoms. The van der Waals surface area contributed by atoms with Crippen LogP contribution in [0, 0.1) is 0 Å². The third kappa shape index (κ3) is 7.59. The molecule has 8 heteroatoms. The fourth-order valence-corrected chi connectivity index (χ4v) is 3.43. The molecule has 1 unspecified atom stereocenters. The van der Waals surface area contributed by atoms with Crippen molar-refractivity contribution in [3.63, 3.8) is 0 Å². The van der Waals surface area contributed by atoms with Crippen molar-refractivity contribution in [3.05, 3.63) is 28.2 Å². The summed E-state index contributed by atoms with van der Waals surface area (Å²) in [6.07, 6.45) is 3.63. The molecule has 6 nitrogen and oxygen atoms in total. The summed E-state index contributed by atoms with van der Waals surface area (Å²) < 4.78 is 5.46. The molecule has 1 aromatic rings. The molecule has 0 aromatic heterocycles. The van der Waals surface area contributed by atoms with Gasteiger partial charge >= 0.3 is 0 Å². The topological polar surface area (TPSA) is 70.7 Å². The zero-order valence-corrected chi connectivity index (χ0v) is 18.0. The Morgan fingerprint density at radius 3 is 2.75 bits per heavy atom. The van der Waals surface area contributed by atoms with Crippen molar-refractivity contribution in [2.75, 3.05) is 31.6 Å². The average Bonchev–Trinajstić information content (AvgIpc) is 2.64. The summed E-state index contributed by atoms with van der Waals surface area (Å²) >= 11 is 11.9. The van der Waals surface area contributed by atoms with Crippen LogP contribution in [-0.4, -0.2) is 55.1 Å². The van der Waals surface area contributed by atoms with Crippen LogP contribution < -0.4 is 10.6 Å². The highest BCUT2D eigenvalue weighted by molar-refractivity contribution is 6.42. The van der Waals surface area contributed by atoms with Crippen molar-refractivity contribution in [1.82, 2.24) is 10.2 Å². The lowest BCUT2D eigenvalue weighted by molar-refractivity contribution is -0.127. The zero-order valence-electron chi connectivity index (χ0n) is 16.5. The summed E-state index contributed by atoms with van der Waals surface area (Å²) in [5.41, 5.74) is 0.597. The summed E-state index contributed by atoms with van der Waals surface area (Å²) in [4.78, 5) is 26.9. The van der Waals surface area contributed by atoms with Crippen LogP contribution in [-0.2, 0) is 14.3 Å². The largest absolute Gasteiger partial charge is 0.379 e. The monoisotopic (exact) mass is 429 g/mol. The number of hydrogen-bond acceptors (Lipinski definition) is 4. The second kappa shape index (κ2) is 11.6. The van der Waals surface area contributed by atoms with E-state index in [-0.39, 0.29) is 30.5 Å². The van der Waals surface area contributed by atoms with Crippen molar-refractivity contribution in [3.8, 4) is 0 Å². The van der Waals surface area contributed by atoms with Gasteiger partial charge in [0.2, 0.25) is 11.8 Å². The third-order valence-corrected chi connectivity index (χ3v) is 5.28. The minimum Gasteiger partial charge on any atom is -0.379 e. The maximum Gasteiger partial charge on any atom is 0.241 e. The zero-order chi connectivity index (χ0) is 20.5. The predicted molar refractivity (Wildman–Crippen MR) is 113 cm³/mol. The Bertz CT molecular complexity index is 670. The van der Waals surface area contributed by atoms with E-state index in [0.29, 0.717) is 28.9 Å². The van der Waals surface area contributed by atoms with Gasteiger partial charge in [0.25, 0.3) is 0 Å². The first kappa shape index (κ1) is 22.9. The summed E-state index contributed by atoms with van der Waals surface area (Å²) in [7, 11) is 0. The molecule has 1 saturated heterocycles. The molecule has 0 spiro atoms. The third-order valence-electron chi connectivity index (χ3n) is 4.54. The number of likely N-dealkylation sites (tertiary alicyclic amines) is 1. The highest BCUT2D eigenvalue weighted by Crippen LogP contribution is 2.26. The van der Waals surface area contributed by atoms with Gasteiger partial charge in [-0.25, -0.2) is 0 Å². The molecule has 1 aliphatic heterocycles.